The molecule has 6 heteroatoms. The standard InChI is InChI=1S/C13H17BrN4O/c1-2-9-13(19)15-5-6-18(9)11-7-10(14)16-12(17-11)8-3-4-8/h7-9H,2-6H2,1H3,(H,15,19). The van der Waals surface area contributed by atoms with Gasteiger partial charge in [0.2, 0.25) is 5.91 Å². The molecule has 1 amide bonds. The number of halogens is 1. The zero-order valence-electron chi connectivity index (χ0n) is 10.9. The van der Waals surface area contributed by atoms with Gasteiger partial charge in [-0.2, -0.15) is 0 Å². The van der Waals surface area contributed by atoms with Gasteiger partial charge < -0.3 is 10.2 Å². The van der Waals surface area contributed by atoms with Gasteiger partial charge in [0.05, 0.1) is 0 Å². The third-order valence-electron chi connectivity index (χ3n) is 3.65. The molecule has 19 heavy (non-hydrogen) atoms. The van der Waals surface area contributed by atoms with Crippen molar-refractivity contribution in [2.45, 2.75) is 38.1 Å². The van der Waals surface area contributed by atoms with E-state index >= 15 is 0 Å². The fourth-order valence-electron chi connectivity index (χ4n) is 2.49. The van der Waals surface area contributed by atoms with Crippen molar-refractivity contribution in [2.24, 2.45) is 0 Å². The molecule has 5 nitrogen and oxygen atoms in total. The summed E-state index contributed by atoms with van der Waals surface area (Å²) in [6.07, 6.45) is 3.13. The summed E-state index contributed by atoms with van der Waals surface area (Å²) in [5.74, 6) is 2.38. The quantitative estimate of drug-likeness (QED) is 0.862. The van der Waals surface area contributed by atoms with Crippen molar-refractivity contribution < 1.29 is 4.79 Å². The minimum absolute atomic E-state index is 0.0939. The van der Waals surface area contributed by atoms with Gasteiger partial charge in [-0.25, -0.2) is 9.97 Å². The van der Waals surface area contributed by atoms with Crippen molar-refractivity contribution in [3.8, 4) is 0 Å². The van der Waals surface area contributed by atoms with E-state index in [1.54, 1.807) is 0 Å². The van der Waals surface area contributed by atoms with Crippen LogP contribution in [-0.4, -0.2) is 35.0 Å². The molecular formula is C13H17BrN4O. The molecule has 1 aliphatic heterocycles. The summed E-state index contributed by atoms with van der Waals surface area (Å²) in [7, 11) is 0. The third-order valence-corrected chi connectivity index (χ3v) is 4.06. The number of rotatable bonds is 3. The van der Waals surface area contributed by atoms with Crippen LogP contribution in [0.1, 0.15) is 37.9 Å². The third kappa shape index (κ3) is 2.59. The lowest BCUT2D eigenvalue weighted by Crippen LogP contribution is -2.55. The van der Waals surface area contributed by atoms with E-state index in [9.17, 15) is 4.79 Å². The Balaban J connectivity index is 1.93. The highest BCUT2D eigenvalue weighted by atomic mass is 79.9. The smallest absolute Gasteiger partial charge is 0.242 e. The van der Waals surface area contributed by atoms with Crippen molar-refractivity contribution in [2.75, 3.05) is 18.0 Å². The molecule has 2 aliphatic rings. The molecule has 0 aromatic carbocycles. The molecule has 2 fully saturated rings. The van der Waals surface area contributed by atoms with Crippen LogP contribution in [0, 0.1) is 0 Å². The van der Waals surface area contributed by atoms with Crippen molar-refractivity contribution >= 4 is 27.7 Å². The molecular weight excluding hydrogens is 308 g/mol. The molecule has 0 spiro atoms. The molecule has 1 aliphatic carbocycles. The second-order valence-corrected chi connectivity index (χ2v) is 5.90. The van der Waals surface area contributed by atoms with Crippen LogP contribution in [0.5, 0.6) is 0 Å². The van der Waals surface area contributed by atoms with Gasteiger partial charge in [0.25, 0.3) is 0 Å². The van der Waals surface area contributed by atoms with E-state index in [0.29, 0.717) is 12.5 Å². The number of aromatic nitrogens is 2. The van der Waals surface area contributed by atoms with Crippen LogP contribution in [0.3, 0.4) is 0 Å². The first-order valence-corrected chi connectivity index (χ1v) is 7.57. The molecule has 1 unspecified atom stereocenters. The summed E-state index contributed by atoms with van der Waals surface area (Å²) in [5, 5.41) is 2.91. The number of hydrogen-bond donors (Lipinski definition) is 1. The first kappa shape index (κ1) is 12.8. The normalized spacial score (nSPS) is 23.4. The summed E-state index contributed by atoms with van der Waals surface area (Å²) in [5.41, 5.74) is 0. The fraction of sp³-hybridized carbons (Fsp3) is 0.615. The molecule has 102 valence electrons. The Labute approximate surface area is 120 Å². The summed E-state index contributed by atoms with van der Waals surface area (Å²) >= 11 is 3.45. The Morgan fingerprint density at radius 2 is 2.26 bits per heavy atom. The number of nitrogens with zero attached hydrogens (tertiary/aromatic N) is 3. The van der Waals surface area contributed by atoms with Gasteiger partial charge >= 0.3 is 0 Å². The number of carbonyl (C=O) groups is 1. The predicted octanol–water partition coefficient (Wildman–Crippen LogP) is 1.83. The van der Waals surface area contributed by atoms with Crippen LogP contribution in [-0.2, 0) is 4.79 Å². The maximum absolute atomic E-state index is 11.9. The Hall–Kier alpha value is -1.17. The van der Waals surface area contributed by atoms with Crippen LogP contribution < -0.4 is 10.2 Å². The summed E-state index contributed by atoms with van der Waals surface area (Å²) < 4.78 is 0.806. The topological polar surface area (TPSA) is 58.1 Å². The Bertz CT molecular complexity index is 503. The van der Waals surface area contributed by atoms with E-state index in [-0.39, 0.29) is 11.9 Å². The molecule has 0 bridgehead atoms. The Morgan fingerprint density at radius 3 is 2.95 bits per heavy atom. The van der Waals surface area contributed by atoms with Crippen molar-refractivity contribution in [3.05, 3.63) is 16.5 Å². The van der Waals surface area contributed by atoms with E-state index in [0.717, 1.165) is 29.2 Å². The van der Waals surface area contributed by atoms with Gasteiger partial charge in [-0.05, 0) is 35.2 Å². The number of anilines is 1. The van der Waals surface area contributed by atoms with E-state index in [4.69, 9.17) is 0 Å². The Kier molecular flexibility index (Phi) is 3.43. The predicted molar refractivity (Wildman–Crippen MR) is 76.1 cm³/mol. The lowest BCUT2D eigenvalue weighted by atomic mass is 10.1. The number of amides is 1. The molecule has 1 aromatic rings. The second kappa shape index (κ2) is 5.07. The number of carbonyl (C=O) groups excluding carboxylic acids is 1. The van der Waals surface area contributed by atoms with E-state index in [1.807, 2.05) is 13.0 Å². The van der Waals surface area contributed by atoms with Gasteiger partial charge in [-0.3, -0.25) is 4.79 Å². The van der Waals surface area contributed by atoms with Crippen LogP contribution in [0.4, 0.5) is 5.82 Å². The molecule has 1 saturated heterocycles. The monoisotopic (exact) mass is 324 g/mol. The van der Waals surface area contributed by atoms with Gasteiger partial charge in [0.15, 0.2) is 0 Å². The zero-order valence-corrected chi connectivity index (χ0v) is 12.5. The molecule has 1 N–H and O–H groups in total. The van der Waals surface area contributed by atoms with Gasteiger partial charge in [-0.1, -0.05) is 6.92 Å². The number of piperazine rings is 1. The van der Waals surface area contributed by atoms with Crippen molar-refractivity contribution in [3.63, 3.8) is 0 Å². The zero-order chi connectivity index (χ0) is 13.4. The summed E-state index contributed by atoms with van der Waals surface area (Å²) in [6, 6.07) is 1.79. The van der Waals surface area contributed by atoms with Gasteiger partial charge in [-0.15, -0.1) is 0 Å². The molecule has 2 heterocycles. The van der Waals surface area contributed by atoms with Crippen molar-refractivity contribution in [1.82, 2.24) is 15.3 Å². The summed E-state index contributed by atoms with van der Waals surface area (Å²) in [4.78, 5) is 23.1. The average molecular weight is 325 g/mol. The second-order valence-electron chi connectivity index (χ2n) is 5.09. The van der Waals surface area contributed by atoms with Crippen LogP contribution >= 0.6 is 15.9 Å². The van der Waals surface area contributed by atoms with E-state index in [2.05, 4.69) is 36.1 Å². The minimum Gasteiger partial charge on any atom is -0.353 e. The lowest BCUT2D eigenvalue weighted by molar-refractivity contribution is -0.123. The SMILES string of the molecule is CCC1C(=O)NCCN1c1cc(Br)nc(C2CC2)n1. The maximum Gasteiger partial charge on any atom is 0.242 e. The van der Waals surface area contributed by atoms with Gasteiger partial charge in [0.1, 0.15) is 22.3 Å². The Morgan fingerprint density at radius 1 is 1.47 bits per heavy atom. The molecule has 1 atom stereocenters. The molecule has 3 rings (SSSR count). The number of nitrogens with one attached hydrogen (secondary N) is 1. The largest absolute Gasteiger partial charge is 0.353 e. The minimum atomic E-state index is -0.123. The van der Waals surface area contributed by atoms with Crippen LogP contribution in [0.25, 0.3) is 0 Å². The fourth-order valence-corrected chi connectivity index (χ4v) is 2.88. The highest BCUT2D eigenvalue weighted by Gasteiger charge is 2.31. The molecule has 1 saturated carbocycles. The van der Waals surface area contributed by atoms with E-state index in [1.165, 1.54) is 12.8 Å². The van der Waals surface area contributed by atoms with Crippen LogP contribution in [0.2, 0.25) is 0 Å². The maximum atomic E-state index is 11.9. The van der Waals surface area contributed by atoms with E-state index < -0.39 is 0 Å². The molecule has 0 radical (unpaired) electrons. The first-order chi connectivity index (χ1) is 9.19. The summed E-state index contributed by atoms with van der Waals surface area (Å²) in [6.45, 7) is 3.51. The first-order valence-electron chi connectivity index (χ1n) is 6.78. The number of hydrogen-bond acceptors (Lipinski definition) is 4. The van der Waals surface area contributed by atoms with Crippen LogP contribution in [0.15, 0.2) is 10.7 Å². The van der Waals surface area contributed by atoms with Crippen molar-refractivity contribution in [1.29, 1.82) is 0 Å². The molecule has 1 aromatic heterocycles. The average Bonchev–Trinajstić information content (AvgIpc) is 3.22. The highest BCUT2D eigenvalue weighted by Crippen LogP contribution is 2.39. The highest BCUT2D eigenvalue weighted by molar-refractivity contribution is 9.10. The van der Waals surface area contributed by atoms with Gasteiger partial charge in [0, 0.05) is 25.1 Å². The lowest BCUT2D eigenvalue weighted by Gasteiger charge is -2.35.